The third-order valence-corrected chi connectivity index (χ3v) is 12.3. The summed E-state index contributed by atoms with van der Waals surface area (Å²) in [5.74, 6) is -1.69. The molecule has 3 heterocycles. The molecule has 7 aromatic rings. The molecule has 1 aliphatic heterocycles. The number of aryl methyl sites for hydroxylation is 2. The third-order valence-electron chi connectivity index (χ3n) is 9.52. The van der Waals surface area contributed by atoms with Crippen molar-refractivity contribution in [2.24, 2.45) is 5.10 Å². The minimum atomic E-state index is -5.26. The minimum Gasteiger partial charge on any atom is -1.00 e. The predicted octanol–water partition coefficient (Wildman–Crippen LogP) is 2.00. The lowest BCUT2D eigenvalue weighted by molar-refractivity contribution is -0.734. The highest BCUT2D eigenvalue weighted by Gasteiger charge is 2.38. The quantitative estimate of drug-likeness (QED) is 0.0555. The van der Waals surface area contributed by atoms with Crippen LogP contribution in [0.2, 0.25) is 0 Å². The van der Waals surface area contributed by atoms with Crippen molar-refractivity contribution in [2.45, 2.75) is 23.6 Å². The van der Waals surface area contributed by atoms with Crippen LogP contribution in [0, 0.1) is 34.1 Å². The fourth-order valence-corrected chi connectivity index (χ4v) is 8.41. The molecule has 0 saturated heterocycles. The van der Waals surface area contributed by atoms with Gasteiger partial charge in [-0.05, 0) is 77.1 Å². The summed E-state index contributed by atoms with van der Waals surface area (Å²) in [6.07, 6.45) is 0. The van der Waals surface area contributed by atoms with E-state index >= 15 is 0 Å². The highest BCUT2D eigenvalue weighted by molar-refractivity contribution is 7.86. The smallest absolute Gasteiger partial charge is 0.364 e. The Balaban J connectivity index is 0.000000262. The second-order valence-corrected chi connectivity index (χ2v) is 17.8. The Kier molecular flexibility index (Phi) is 15.0. The van der Waals surface area contributed by atoms with Crippen LogP contribution >= 0.6 is 11.3 Å². The number of tetrazole rings is 1. The Hall–Kier alpha value is -7.96. The van der Waals surface area contributed by atoms with E-state index in [9.17, 15) is 51.0 Å². The lowest BCUT2D eigenvalue weighted by atomic mass is 10.2. The van der Waals surface area contributed by atoms with Gasteiger partial charge in [0.2, 0.25) is 5.84 Å². The zero-order valence-electron chi connectivity index (χ0n) is 35.9. The summed E-state index contributed by atoms with van der Waals surface area (Å²) in [6, 6.07) is 30.3. The molecule has 5 aromatic carbocycles. The average Bonchev–Trinajstić information content (AvgIpc) is 4.06. The highest BCUT2D eigenvalue weighted by Crippen LogP contribution is 2.43. The van der Waals surface area contributed by atoms with Crippen molar-refractivity contribution >= 4 is 71.8 Å². The second kappa shape index (κ2) is 20.5. The van der Waals surface area contributed by atoms with Gasteiger partial charge in [0.1, 0.15) is 22.8 Å². The lowest BCUT2D eigenvalue weighted by Crippen LogP contribution is -3.00. The second-order valence-electron chi connectivity index (χ2n) is 13.9. The fourth-order valence-electron chi connectivity index (χ4n) is 6.25. The van der Waals surface area contributed by atoms with Gasteiger partial charge in [-0.3, -0.25) is 39.6 Å². The van der Waals surface area contributed by atoms with E-state index < -0.39 is 85.9 Å². The van der Waals surface area contributed by atoms with Crippen molar-refractivity contribution in [1.82, 2.24) is 25.4 Å². The molecule has 25 nitrogen and oxygen atoms in total. The first-order valence-electron chi connectivity index (χ1n) is 19.2. The van der Waals surface area contributed by atoms with Gasteiger partial charge in [-0.25, -0.2) is 0 Å². The molecule has 8 rings (SSSR count). The maximum atomic E-state index is 13.1. The van der Waals surface area contributed by atoms with E-state index in [0.717, 1.165) is 41.4 Å². The molecule has 0 radical (unpaired) electrons. The molecule has 0 atom stereocenters. The summed E-state index contributed by atoms with van der Waals surface area (Å²) in [4.78, 5) is 41.0. The van der Waals surface area contributed by atoms with E-state index in [1.54, 1.807) is 39.1 Å². The number of methoxy groups -OCH3 is 2. The summed E-state index contributed by atoms with van der Waals surface area (Å²) in [6.45, 7) is 4.08. The van der Waals surface area contributed by atoms with E-state index in [2.05, 4.69) is 27.8 Å². The van der Waals surface area contributed by atoms with E-state index in [1.165, 1.54) is 17.0 Å². The van der Waals surface area contributed by atoms with Crippen LogP contribution in [-0.4, -0.2) is 81.7 Å². The number of benzene rings is 5. The van der Waals surface area contributed by atoms with Gasteiger partial charge >= 0.3 is 25.4 Å². The van der Waals surface area contributed by atoms with Crippen molar-refractivity contribution in [3.63, 3.8) is 0 Å². The molecule has 2 aromatic heterocycles. The number of carbonyl (C=O) groups is 1. The van der Waals surface area contributed by atoms with Crippen molar-refractivity contribution in [3.8, 4) is 33.7 Å². The maximum Gasteiger partial charge on any atom is 0.364 e. The number of carbonyl (C=O) groups excluding carboxylic acids is 1. The molecule has 29 heteroatoms. The Morgan fingerprint density at radius 2 is 1.29 bits per heavy atom. The first-order valence-corrected chi connectivity index (χ1v) is 22.9. The number of rotatable bonds is 13. The minimum absolute atomic E-state index is 0. The molecular weight excluding hydrogens is 1030 g/mol. The van der Waals surface area contributed by atoms with Gasteiger partial charge in [-0.15, -0.1) is 10.2 Å². The number of halogens is 1. The number of para-hydroxylation sites is 2. The zero-order valence-corrected chi connectivity index (χ0v) is 40.0. The lowest BCUT2D eigenvalue weighted by Gasteiger charge is -2.30. The summed E-state index contributed by atoms with van der Waals surface area (Å²) in [5, 5.41) is 41.3. The van der Waals surface area contributed by atoms with Gasteiger partial charge in [0.05, 0.1) is 36.2 Å². The molecule has 1 amide bonds. The number of hydrazine groups is 2. The van der Waals surface area contributed by atoms with E-state index in [0.29, 0.717) is 40.9 Å². The average molecular weight is 1070 g/mol. The SMILES string of the molecule is COc1cc([N+](=O)[O-])c(S(=O)(=O)O)cc1N1N=C(C(=O)Nc2ccccc2)NN1c1cc(S(=O)(=O)O)c([N+](=O)[O-])cc1OC.Cc1nc(-[n+]2nc(-c3ccccc3)nn2-c2ccccc2)sc1C.[Br-]. The molecule has 4 N–H and O–H groups in total. The van der Waals surface area contributed by atoms with Crippen molar-refractivity contribution < 1.29 is 71.8 Å². The number of hydrogen-bond donors (Lipinski definition) is 4. The number of hydrazone groups is 1. The number of thiazole rings is 1. The topological polar surface area (TPSA) is 321 Å². The van der Waals surface area contributed by atoms with Crippen LogP contribution in [0.4, 0.5) is 28.4 Å². The van der Waals surface area contributed by atoms with Crippen LogP contribution in [0.3, 0.4) is 0 Å². The number of nitrogens with one attached hydrogen (secondary N) is 2. The van der Waals surface area contributed by atoms with Gasteiger partial charge in [0.15, 0.2) is 21.3 Å². The summed E-state index contributed by atoms with van der Waals surface area (Å²) in [7, 11) is -8.44. The van der Waals surface area contributed by atoms with Crippen molar-refractivity contribution in [2.75, 3.05) is 29.8 Å². The van der Waals surface area contributed by atoms with Gasteiger partial charge in [0, 0.05) is 21.2 Å². The monoisotopic (exact) mass is 1070 g/mol. The van der Waals surface area contributed by atoms with E-state index in [4.69, 9.17) is 19.7 Å². The number of ether oxygens (including phenoxy) is 2. The number of nitro groups is 2. The molecule has 69 heavy (non-hydrogen) atoms. The van der Waals surface area contributed by atoms with Crippen LogP contribution in [0.15, 0.2) is 130 Å². The number of amidine groups is 1. The Bertz CT molecular complexity index is 3330. The molecule has 0 spiro atoms. The maximum absolute atomic E-state index is 13.1. The first-order chi connectivity index (χ1) is 32.3. The van der Waals surface area contributed by atoms with Crippen LogP contribution in [0.25, 0.3) is 22.2 Å². The van der Waals surface area contributed by atoms with Gasteiger partial charge in [-0.1, -0.05) is 70.9 Å². The standard InChI is InChI=1S/C22H19N7O13S2.C18H16N5S.BrH/c1-41-17-8-15(28(31)32)19(43(35,36)37)10-13(17)26-24-21(22(30)23-12-6-4-3-5-7-12)25-27(26)14-11-20(44(38,39)40)16(29(33)34)9-18(14)42-2;1-13-14(2)24-18(19-13)23-21-17(15-9-5-3-6-10-15)20-22(23)16-11-7-4-8-12-16;/h3-11H,1-2H3,(H,23,30)(H,24,25)(H,35,36,37)(H,38,39,40);3-12H,1-2H3;1H/q;+1;/p-1. The molecule has 0 fully saturated rings. The van der Waals surface area contributed by atoms with Gasteiger partial charge in [-0.2, -0.15) is 22.0 Å². The molecule has 358 valence electrons. The Morgan fingerprint density at radius 3 is 1.78 bits per heavy atom. The van der Waals surface area contributed by atoms with E-state index in [1.807, 2.05) is 67.6 Å². The highest BCUT2D eigenvalue weighted by atomic mass is 79.9. The third kappa shape index (κ3) is 10.9. The molecule has 0 unspecified atom stereocenters. The molecule has 0 bridgehead atoms. The molecular formula is C40H35BrN12O13S3. The number of anilines is 3. The molecule has 0 aliphatic carbocycles. The zero-order chi connectivity index (χ0) is 49.1. The predicted molar refractivity (Wildman–Crippen MR) is 243 cm³/mol. The van der Waals surface area contributed by atoms with Gasteiger partial charge < -0.3 is 31.8 Å². The van der Waals surface area contributed by atoms with Crippen molar-refractivity contribution in [3.05, 3.63) is 146 Å². The number of aromatic nitrogens is 5. The Morgan fingerprint density at radius 1 is 0.783 bits per heavy atom. The van der Waals surface area contributed by atoms with Gasteiger partial charge in [0.25, 0.3) is 23.1 Å². The molecule has 0 saturated carbocycles. The van der Waals surface area contributed by atoms with Crippen LogP contribution in [0.5, 0.6) is 11.5 Å². The number of hydrogen-bond acceptors (Lipinski definition) is 19. The summed E-state index contributed by atoms with van der Waals surface area (Å²) >= 11 is 1.61. The van der Waals surface area contributed by atoms with Crippen LogP contribution < -0.4 is 52.2 Å². The molecule has 1 aliphatic rings. The normalized spacial score (nSPS) is 12.2. The van der Waals surface area contributed by atoms with Crippen LogP contribution in [-0.2, 0) is 25.0 Å². The van der Waals surface area contributed by atoms with Crippen LogP contribution in [0.1, 0.15) is 10.6 Å². The first kappa shape index (κ1) is 50.5. The largest absolute Gasteiger partial charge is 1.00 e. The number of nitrogens with zero attached hydrogens (tertiary/aromatic N) is 10. The van der Waals surface area contributed by atoms with Crippen molar-refractivity contribution in [1.29, 1.82) is 0 Å². The Labute approximate surface area is 405 Å². The number of nitro benzene ring substituents is 2. The van der Waals surface area contributed by atoms with E-state index in [-0.39, 0.29) is 17.0 Å². The summed E-state index contributed by atoms with van der Waals surface area (Å²) in [5.41, 5.74) is 2.59. The number of amides is 1. The summed E-state index contributed by atoms with van der Waals surface area (Å²) < 4.78 is 78.2. The fraction of sp³-hybridized carbons (Fsp3) is 0.100.